The van der Waals surface area contributed by atoms with E-state index in [1.165, 1.54) is 0 Å². The summed E-state index contributed by atoms with van der Waals surface area (Å²) < 4.78 is 5.34. The summed E-state index contributed by atoms with van der Waals surface area (Å²) >= 11 is 0. The van der Waals surface area contributed by atoms with Crippen LogP contribution < -0.4 is 5.32 Å². The largest absolute Gasteiger partial charge is 0.461 e. The monoisotopic (exact) mass is 242 g/mol. The first kappa shape index (κ1) is 10.8. The highest BCUT2D eigenvalue weighted by Crippen LogP contribution is 2.24. The van der Waals surface area contributed by atoms with Gasteiger partial charge in [-0.2, -0.15) is 0 Å². The van der Waals surface area contributed by atoms with Gasteiger partial charge < -0.3 is 14.7 Å². The van der Waals surface area contributed by atoms with Crippen LogP contribution >= 0.6 is 0 Å². The molecule has 5 nitrogen and oxygen atoms in total. The number of rotatable bonds is 3. The Balaban J connectivity index is 2.17. The maximum Gasteiger partial charge on any atom is 0.199 e. The third kappa shape index (κ3) is 1.84. The van der Waals surface area contributed by atoms with E-state index in [1.807, 2.05) is 24.4 Å². The normalized spacial score (nSPS) is 11.3. The number of nitrogens with one attached hydrogen (secondary N) is 2. The molecule has 0 saturated heterocycles. The maximum atomic E-state index is 5.34. The third-order valence-corrected chi connectivity index (χ3v) is 2.58. The van der Waals surface area contributed by atoms with Crippen molar-refractivity contribution in [1.82, 2.24) is 15.0 Å². The summed E-state index contributed by atoms with van der Waals surface area (Å²) in [6.07, 6.45) is 3.48. The molecule has 3 heterocycles. The first-order valence-electron chi connectivity index (χ1n) is 5.89. The molecule has 3 aromatic heterocycles. The summed E-state index contributed by atoms with van der Waals surface area (Å²) in [5, 5.41) is 4.31. The number of fused-ring (bicyclic) bond motifs is 1. The first-order valence-corrected chi connectivity index (χ1v) is 5.89. The van der Waals surface area contributed by atoms with Gasteiger partial charge in [-0.25, -0.2) is 9.97 Å². The molecule has 0 radical (unpaired) electrons. The lowest BCUT2D eigenvalue weighted by Crippen LogP contribution is -2.12. The van der Waals surface area contributed by atoms with Crippen LogP contribution in [0.4, 0.5) is 5.82 Å². The van der Waals surface area contributed by atoms with Gasteiger partial charge in [-0.05, 0) is 32.0 Å². The zero-order valence-corrected chi connectivity index (χ0v) is 10.3. The van der Waals surface area contributed by atoms with E-state index < -0.39 is 0 Å². The minimum atomic E-state index is 0.308. The number of furan rings is 1. The van der Waals surface area contributed by atoms with Crippen molar-refractivity contribution in [3.05, 3.63) is 30.7 Å². The lowest BCUT2D eigenvalue weighted by molar-refractivity contribution is 0.577. The van der Waals surface area contributed by atoms with Crippen molar-refractivity contribution in [2.75, 3.05) is 5.32 Å². The van der Waals surface area contributed by atoms with Crippen LogP contribution in [0.2, 0.25) is 0 Å². The van der Waals surface area contributed by atoms with Gasteiger partial charge in [0, 0.05) is 12.2 Å². The number of hydrogen-bond acceptors (Lipinski definition) is 4. The summed E-state index contributed by atoms with van der Waals surface area (Å²) in [4.78, 5) is 12.1. The SMILES string of the molecule is CC(C)Nc1nc(-c2ccco2)nc2[nH]ccc12. The van der Waals surface area contributed by atoms with E-state index in [0.717, 1.165) is 16.9 Å². The molecule has 92 valence electrons. The van der Waals surface area contributed by atoms with Crippen molar-refractivity contribution in [2.24, 2.45) is 0 Å². The molecule has 0 aromatic carbocycles. The minimum Gasteiger partial charge on any atom is -0.461 e. The maximum absolute atomic E-state index is 5.34. The number of hydrogen-bond donors (Lipinski definition) is 2. The van der Waals surface area contributed by atoms with Crippen LogP contribution in [0.25, 0.3) is 22.6 Å². The van der Waals surface area contributed by atoms with E-state index in [2.05, 4.69) is 34.1 Å². The quantitative estimate of drug-likeness (QED) is 0.740. The van der Waals surface area contributed by atoms with E-state index in [1.54, 1.807) is 6.26 Å². The van der Waals surface area contributed by atoms with E-state index in [0.29, 0.717) is 17.6 Å². The molecule has 0 amide bonds. The molecule has 5 heteroatoms. The smallest absolute Gasteiger partial charge is 0.199 e. The van der Waals surface area contributed by atoms with E-state index in [-0.39, 0.29) is 0 Å². The van der Waals surface area contributed by atoms with Crippen molar-refractivity contribution >= 4 is 16.9 Å². The topological polar surface area (TPSA) is 66.7 Å². The fraction of sp³-hybridized carbons (Fsp3) is 0.231. The number of nitrogens with zero attached hydrogens (tertiary/aromatic N) is 2. The number of aromatic amines is 1. The Morgan fingerprint density at radius 2 is 2.17 bits per heavy atom. The van der Waals surface area contributed by atoms with Gasteiger partial charge in [-0.1, -0.05) is 0 Å². The van der Waals surface area contributed by atoms with E-state index in [4.69, 9.17) is 4.42 Å². The second-order valence-corrected chi connectivity index (χ2v) is 4.41. The average molecular weight is 242 g/mol. The van der Waals surface area contributed by atoms with E-state index in [9.17, 15) is 0 Å². The van der Waals surface area contributed by atoms with Crippen molar-refractivity contribution in [3.63, 3.8) is 0 Å². The summed E-state index contributed by atoms with van der Waals surface area (Å²) in [5.41, 5.74) is 0.805. The molecule has 0 aliphatic carbocycles. The van der Waals surface area contributed by atoms with Crippen LogP contribution in [-0.2, 0) is 0 Å². The molecule has 0 aliphatic heterocycles. The lowest BCUT2D eigenvalue weighted by Gasteiger charge is -2.10. The molecule has 3 rings (SSSR count). The molecule has 18 heavy (non-hydrogen) atoms. The predicted octanol–water partition coefficient (Wildman–Crippen LogP) is 3.04. The molecular formula is C13H14N4O. The molecule has 0 unspecified atom stereocenters. The third-order valence-electron chi connectivity index (χ3n) is 2.58. The van der Waals surface area contributed by atoms with E-state index >= 15 is 0 Å². The summed E-state index contributed by atoms with van der Waals surface area (Å²) in [6, 6.07) is 5.95. The molecular weight excluding hydrogens is 228 g/mol. The van der Waals surface area contributed by atoms with Crippen molar-refractivity contribution < 1.29 is 4.42 Å². The summed E-state index contributed by atoms with van der Waals surface area (Å²) in [6.45, 7) is 4.15. The van der Waals surface area contributed by atoms with Gasteiger partial charge in [0.05, 0.1) is 11.6 Å². The van der Waals surface area contributed by atoms with Crippen LogP contribution in [0.5, 0.6) is 0 Å². The van der Waals surface area contributed by atoms with Crippen LogP contribution in [0.3, 0.4) is 0 Å². The van der Waals surface area contributed by atoms with Gasteiger partial charge in [0.25, 0.3) is 0 Å². The highest BCUT2D eigenvalue weighted by atomic mass is 16.3. The van der Waals surface area contributed by atoms with Gasteiger partial charge >= 0.3 is 0 Å². The molecule has 3 aromatic rings. The lowest BCUT2D eigenvalue weighted by atomic mass is 10.3. The van der Waals surface area contributed by atoms with Gasteiger partial charge in [-0.15, -0.1) is 0 Å². The minimum absolute atomic E-state index is 0.308. The number of anilines is 1. The highest BCUT2D eigenvalue weighted by Gasteiger charge is 2.12. The molecule has 0 spiro atoms. The Labute approximate surface area is 104 Å². The molecule has 0 fully saturated rings. The highest BCUT2D eigenvalue weighted by molar-refractivity contribution is 5.88. The van der Waals surface area contributed by atoms with Gasteiger partial charge in [-0.3, -0.25) is 0 Å². The average Bonchev–Trinajstić information content (AvgIpc) is 2.99. The van der Waals surface area contributed by atoms with Crippen molar-refractivity contribution in [2.45, 2.75) is 19.9 Å². The van der Waals surface area contributed by atoms with Gasteiger partial charge in [0.15, 0.2) is 11.6 Å². The van der Waals surface area contributed by atoms with Crippen LogP contribution in [-0.4, -0.2) is 21.0 Å². The standard InChI is InChI=1S/C13H14N4O/c1-8(2)15-12-9-5-6-14-11(9)16-13(17-12)10-4-3-7-18-10/h3-8H,1-2H3,(H2,14,15,16,17). The van der Waals surface area contributed by atoms with Gasteiger partial charge in [0.2, 0.25) is 0 Å². The fourth-order valence-corrected chi connectivity index (χ4v) is 1.84. The second-order valence-electron chi connectivity index (χ2n) is 4.41. The molecule has 0 atom stereocenters. The van der Waals surface area contributed by atoms with Gasteiger partial charge in [0.1, 0.15) is 11.5 Å². The molecule has 2 N–H and O–H groups in total. The van der Waals surface area contributed by atoms with Crippen molar-refractivity contribution in [3.8, 4) is 11.6 Å². The number of H-pyrrole nitrogens is 1. The molecule has 0 bridgehead atoms. The second kappa shape index (κ2) is 4.18. The predicted molar refractivity (Wildman–Crippen MR) is 70.3 cm³/mol. The zero-order chi connectivity index (χ0) is 12.5. The van der Waals surface area contributed by atoms with Crippen LogP contribution in [0, 0.1) is 0 Å². The Bertz CT molecular complexity index is 655. The Morgan fingerprint density at radius 1 is 1.28 bits per heavy atom. The van der Waals surface area contributed by atoms with Crippen LogP contribution in [0.15, 0.2) is 35.1 Å². The number of aromatic nitrogens is 3. The Kier molecular flexibility index (Phi) is 2.51. The first-order chi connectivity index (χ1) is 8.74. The fourth-order valence-electron chi connectivity index (χ4n) is 1.84. The van der Waals surface area contributed by atoms with Crippen LogP contribution in [0.1, 0.15) is 13.8 Å². The summed E-state index contributed by atoms with van der Waals surface area (Å²) in [7, 11) is 0. The molecule has 0 aliphatic rings. The van der Waals surface area contributed by atoms with Crippen molar-refractivity contribution in [1.29, 1.82) is 0 Å². The Hall–Kier alpha value is -2.30. The summed E-state index contributed by atoms with van der Waals surface area (Å²) in [5.74, 6) is 2.07. The Morgan fingerprint density at radius 3 is 2.89 bits per heavy atom. The molecule has 0 saturated carbocycles. The zero-order valence-electron chi connectivity index (χ0n) is 10.3.